The summed E-state index contributed by atoms with van der Waals surface area (Å²) >= 11 is 8.03. The predicted octanol–water partition coefficient (Wildman–Crippen LogP) is -3.52. The molecule has 2 aromatic rings. The minimum absolute atomic E-state index is 0.00324. The number of aliphatic hydroxyl groups is 1. The van der Waals surface area contributed by atoms with Crippen molar-refractivity contribution in [2.75, 3.05) is 31.2 Å². The van der Waals surface area contributed by atoms with Crippen LogP contribution in [-0.4, -0.2) is 183 Å². The van der Waals surface area contributed by atoms with E-state index in [-0.39, 0.29) is 87.7 Å². The van der Waals surface area contributed by atoms with Crippen molar-refractivity contribution in [3.8, 4) is 5.75 Å². The molecular formula is C54H82N14O14S2. The van der Waals surface area contributed by atoms with Crippen LogP contribution in [0.1, 0.15) is 89.7 Å². The van der Waals surface area contributed by atoms with Gasteiger partial charge >= 0.3 is 5.97 Å². The first-order chi connectivity index (χ1) is 39.9. The second-order valence-corrected chi connectivity index (χ2v) is 21.0. The van der Waals surface area contributed by atoms with E-state index in [1.807, 2.05) is 0 Å². The molecule has 464 valence electrons. The molecule has 1 aliphatic heterocycles. The summed E-state index contributed by atoms with van der Waals surface area (Å²) in [5.41, 5.74) is 23.2. The molecule has 30 heteroatoms. The minimum atomic E-state index is -1.66. The van der Waals surface area contributed by atoms with Crippen molar-refractivity contribution < 1.29 is 68.1 Å². The van der Waals surface area contributed by atoms with Crippen molar-refractivity contribution in [3.05, 3.63) is 65.7 Å². The molecule has 0 bridgehead atoms. The van der Waals surface area contributed by atoms with E-state index in [1.54, 1.807) is 51.1 Å². The number of carboxylic acid groups (broad SMARTS) is 1. The summed E-state index contributed by atoms with van der Waals surface area (Å²) in [5, 5.41) is 50.4. The number of carbonyl (C=O) groups is 11. The molecule has 0 aromatic heterocycles. The quantitative estimate of drug-likeness (QED) is 0.0136. The number of hydrogen-bond donors (Lipinski definition) is 17. The van der Waals surface area contributed by atoms with Crippen LogP contribution in [0, 0.1) is 5.92 Å². The molecule has 1 heterocycles. The number of aliphatic carboxylic acids is 1. The summed E-state index contributed by atoms with van der Waals surface area (Å²) in [6.45, 7) is 4.25. The van der Waals surface area contributed by atoms with E-state index >= 15 is 0 Å². The zero-order valence-electron chi connectivity index (χ0n) is 47.3. The number of carboxylic acids is 1. The zero-order chi connectivity index (χ0) is 62.6. The Bertz CT molecular complexity index is 2600. The molecule has 1 saturated heterocycles. The molecule has 1 aliphatic rings. The number of primary amides is 1. The summed E-state index contributed by atoms with van der Waals surface area (Å²) in [7, 11) is 0. The van der Waals surface area contributed by atoms with Gasteiger partial charge in [-0.3, -0.25) is 52.9 Å². The number of likely N-dealkylation sites (tertiary alicyclic amines) is 1. The van der Waals surface area contributed by atoms with Gasteiger partial charge in [0, 0.05) is 43.9 Å². The molecule has 1 fully saturated rings. The van der Waals surface area contributed by atoms with Crippen molar-refractivity contribution in [1.82, 2.24) is 47.4 Å². The average molecular weight is 1220 g/mol. The van der Waals surface area contributed by atoms with Gasteiger partial charge in [-0.25, -0.2) is 4.79 Å². The van der Waals surface area contributed by atoms with E-state index in [0.717, 1.165) is 0 Å². The number of benzene rings is 2. The lowest BCUT2D eigenvalue weighted by Gasteiger charge is -2.31. The number of carbonyl (C=O) groups excluding carboxylic acids is 10. The van der Waals surface area contributed by atoms with E-state index in [1.165, 1.54) is 29.2 Å². The third-order valence-corrected chi connectivity index (χ3v) is 14.5. The maximum Gasteiger partial charge on any atom is 0.327 e. The molecule has 84 heavy (non-hydrogen) atoms. The number of aliphatic imine (C=N–C) groups is 1. The Morgan fingerprint density at radius 1 is 0.643 bits per heavy atom. The van der Waals surface area contributed by atoms with E-state index in [4.69, 9.17) is 22.9 Å². The van der Waals surface area contributed by atoms with Crippen molar-refractivity contribution in [2.45, 2.75) is 152 Å². The van der Waals surface area contributed by atoms with E-state index in [0.29, 0.717) is 24.0 Å². The highest BCUT2D eigenvalue weighted by Crippen LogP contribution is 2.21. The number of phenols is 1. The van der Waals surface area contributed by atoms with Gasteiger partial charge in [-0.15, -0.1) is 0 Å². The van der Waals surface area contributed by atoms with Gasteiger partial charge in [0.05, 0.1) is 12.6 Å². The summed E-state index contributed by atoms with van der Waals surface area (Å²) < 4.78 is 0. The molecule has 11 atom stereocenters. The number of phenolic OH excluding ortho intramolecular Hbond substituents is 1. The SMILES string of the molecule is CCC[C@H](NC(=O)[C@@H](NC(=O)[C@H](CO)NC(=O)[C@@H]1CCCN1C(=O)[C@H](Cc1ccccc1)NC(=O)[C@H](Cc1ccc(O)cc1)NC(=O)[C@H](CCC(N)=O)NC(=O)[C@H](CCCN=C(N)N)NC(=O)[C@@H](N)CS)[C@@H](C)CC)C(=O)N[C@@H](CS)C(=O)O. The average Bonchev–Trinajstić information content (AvgIpc) is 4.07. The third-order valence-electron chi connectivity index (χ3n) is 13.8. The number of aliphatic hydroxyl groups excluding tert-OH is 1. The maximum atomic E-state index is 14.9. The Morgan fingerprint density at radius 3 is 1.73 bits per heavy atom. The minimum Gasteiger partial charge on any atom is -0.508 e. The molecular weight excluding hydrogens is 1130 g/mol. The molecule has 0 unspecified atom stereocenters. The molecule has 10 amide bonds. The van der Waals surface area contributed by atoms with Crippen molar-refractivity contribution in [3.63, 3.8) is 0 Å². The standard InChI is InChI=1S/C54H82N14O14S2/c1-4-11-34(45(73)66-40(28-84)53(81)82)62-51(79)43(29(3)5-2)67-49(77)39(26-69)65-50(78)41-15-10-23-68(41)52(80)38(25-30-12-7-6-8-13-30)64-48(76)37(24-31-16-18-32(70)19-17-31)63-47(75)36(20-21-42(56)71)61-46(74)35(14-9-22-59-54(57)58)60-44(72)33(55)27-83/h6-8,12-13,16-19,29,33-41,43,69-70,83-84H,4-5,9-11,14-15,20-28,55H2,1-3H3,(H2,56,71)(H,60,72)(H,61,74)(H,62,79)(H,63,75)(H,64,76)(H,65,78)(H,66,73)(H,67,77)(H,81,82)(H4,57,58,59)/t29-,33-,34-,35-,36-,37-,38-,39-,40-,41-,43-/m0/s1. The van der Waals surface area contributed by atoms with Crippen LogP contribution in [0.5, 0.6) is 5.75 Å². The molecule has 2 aromatic carbocycles. The Kier molecular flexibility index (Phi) is 30.3. The molecule has 19 N–H and O–H groups in total. The molecule has 3 rings (SSSR count). The smallest absolute Gasteiger partial charge is 0.327 e. The molecule has 0 aliphatic carbocycles. The van der Waals surface area contributed by atoms with E-state index in [2.05, 4.69) is 72.8 Å². The first kappa shape index (κ1) is 70.6. The summed E-state index contributed by atoms with van der Waals surface area (Å²) in [5.74, 6) is -11.0. The van der Waals surface area contributed by atoms with Gasteiger partial charge in [-0.05, 0) is 67.7 Å². The number of amides is 10. The fourth-order valence-corrected chi connectivity index (χ4v) is 9.24. The second-order valence-electron chi connectivity index (χ2n) is 20.3. The fraction of sp³-hybridized carbons (Fsp3) is 0.556. The Morgan fingerprint density at radius 2 is 1.17 bits per heavy atom. The van der Waals surface area contributed by atoms with Crippen molar-refractivity contribution in [1.29, 1.82) is 0 Å². The van der Waals surface area contributed by atoms with Gasteiger partial charge in [0.25, 0.3) is 0 Å². The number of hydrogen-bond acceptors (Lipinski definition) is 17. The van der Waals surface area contributed by atoms with Crippen LogP contribution >= 0.6 is 25.3 Å². The molecule has 0 spiro atoms. The van der Waals surface area contributed by atoms with Gasteiger partial charge in [0.15, 0.2) is 5.96 Å². The number of guanidine groups is 1. The maximum absolute atomic E-state index is 14.9. The van der Waals surface area contributed by atoms with E-state index < -0.39 is 144 Å². The lowest BCUT2D eigenvalue weighted by molar-refractivity contribution is -0.143. The Balaban J connectivity index is 1.95. The zero-order valence-corrected chi connectivity index (χ0v) is 49.1. The van der Waals surface area contributed by atoms with Crippen molar-refractivity contribution >= 4 is 96.3 Å². The number of aromatic hydroxyl groups is 1. The molecule has 0 saturated carbocycles. The monoisotopic (exact) mass is 1210 g/mol. The molecule has 0 radical (unpaired) electrons. The first-order valence-corrected chi connectivity index (χ1v) is 28.8. The highest BCUT2D eigenvalue weighted by Gasteiger charge is 2.41. The predicted molar refractivity (Wildman–Crippen MR) is 315 cm³/mol. The second kappa shape index (κ2) is 36.1. The topological polar surface area (TPSA) is 464 Å². The van der Waals surface area contributed by atoms with Crippen LogP contribution in [0.25, 0.3) is 0 Å². The Hall–Kier alpha value is -7.70. The Labute approximate surface area is 498 Å². The summed E-state index contributed by atoms with van der Waals surface area (Å²) in [6.07, 6.45) is 0.170. The number of nitrogens with two attached hydrogens (primary N) is 4. The first-order valence-electron chi connectivity index (χ1n) is 27.6. The van der Waals surface area contributed by atoms with Gasteiger partial charge in [-0.1, -0.05) is 76.1 Å². The summed E-state index contributed by atoms with van der Waals surface area (Å²) in [4.78, 5) is 155. The van der Waals surface area contributed by atoms with Gasteiger partial charge in [0.1, 0.15) is 60.1 Å². The van der Waals surface area contributed by atoms with Gasteiger partial charge in [-0.2, -0.15) is 25.3 Å². The van der Waals surface area contributed by atoms with E-state index in [9.17, 15) is 68.1 Å². The van der Waals surface area contributed by atoms with Crippen molar-refractivity contribution in [2.24, 2.45) is 33.8 Å². The van der Waals surface area contributed by atoms with Crippen LogP contribution in [-0.2, 0) is 65.6 Å². The van der Waals surface area contributed by atoms with Gasteiger partial charge < -0.3 is 85.7 Å². The number of thiol groups is 2. The number of nitrogens with zero attached hydrogens (tertiary/aromatic N) is 2. The number of rotatable bonds is 36. The summed E-state index contributed by atoms with van der Waals surface area (Å²) in [6, 6.07) is 0.465. The van der Waals surface area contributed by atoms with Crippen LogP contribution in [0.2, 0.25) is 0 Å². The van der Waals surface area contributed by atoms with Crippen LogP contribution in [0.4, 0.5) is 0 Å². The largest absolute Gasteiger partial charge is 0.508 e. The lowest BCUT2D eigenvalue weighted by atomic mass is 9.97. The van der Waals surface area contributed by atoms with Crippen LogP contribution < -0.4 is 65.5 Å². The number of nitrogens with one attached hydrogen (secondary N) is 8. The van der Waals surface area contributed by atoms with Crippen LogP contribution in [0.3, 0.4) is 0 Å². The van der Waals surface area contributed by atoms with Gasteiger partial charge in [0.2, 0.25) is 59.1 Å². The fourth-order valence-electron chi connectivity index (χ4n) is 8.83. The van der Waals surface area contributed by atoms with Crippen LogP contribution in [0.15, 0.2) is 59.6 Å². The highest BCUT2D eigenvalue weighted by molar-refractivity contribution is 7.80. The third kappa shape index (κ3) is 23.2. The highest BCUT2D eigenvalue weighted by atomic mass is 32.1. The lowest BCUT2D eigenvalue weighted by Crippen LogP contribution is -2.61. The normalized spacial score (nSPS) is 16.4. The molecule has 28 nitrogen and oxygen atoms in total.